The molecular weight excluding hydrogens is 308 g/mol. The lowest BCUT2D eigenvalue weighted by atomic mass is 10.3. The monoisotopic (exact) mass is 324 g/mol. The Kier molecular flexibility index (Phi) is 5.08. The van der Waals surface area contributed by atoms with Gasteiger partial charge in [-0.1, -0.05) is 6.07 Å². The third-order valence-corrected chi connectivity index (χ3v) is 4.88. The van der Waals surface area contributed by atoms with E-state index in [2.05, 4.69) is 10.3 Å². The molecule has 0 aromatic carbocycles. The minimum absolute atomic E-state index is 0.0939. The van der Waals surface area contributed by atoms with Crippen molar-refractivity contribution >= 4 is 34.6 Å². The normalized spacial score (nSPS) is 12.0. The van der Waals surface area contributed by atoms with Gasteiger partial charge in [-0.05, 0) is 32.2 Å². The van der Waals surface area contributed by atoms with Crippen molar-refractivity contribution in [3.05, 3.63) is 38.0 Å². The summed E-state index contributed by atoms with van der Waals surface area (Å²) in [5, 5.41) is 5.54. The van der Waals surface area contributed by atoms with Gasteiger partial charge in [-0.2, -0.15) is 0 Å². The first kappa shape index (κ1) is 15.7. The summed E-state index contributed by atoms with van der Waals surface area (Å²) >= 11 is 2.84. The van der Waals surface area contributed by atoms with E-state index in [9.17, 15) is 9.59 Å². The third kappa shape index (κ3) is 4.12. The van der Waals surface area contributed by atoms with Crippen molar-refractivity contribution in [3.63, 3.8) is 0 Å². The van der Waals surface area contributed by atoms with E-state index in [0.717, 1.165) is 9.88 Å². The van der Waals surface area contributed by atoms with Crippen molar-refractivity contribution < 1.29 is 14.3 Å². The van der Waals surface area contributed by atoms with Gasteiger partial charge in [0.2, 0.25) is 0 Å². The van der Waals surface area contributed by atoms with Gasteiger partial charge in [-0.25, -0.2) is 9.78 Å². The van der Waals surface area contributed by atoms with E-state index in [1.807, 2.05) is 31.4 Å². The number of carbonyl (C=O) groups excluding carboxylic acids is 2. The number of thiazole rings is 1. The molecular formula is C14H16N2O3S2. The molecule has 2 rings (SSSR count). The molecule has 21 heavy (non-hydrogen) atoms. The Bertz CT molecular complexity index is 635. The van der Waals surface area contributed by atoms with Gasteiger partial charge in [0.15, 0.2) is 6.61 Å². The number of rotatable bonds is 5. The van der Waals surface area contributed by atoms with E-state index in [-0.39, 0.29) is 18.6 Å². The molecule has 0 aliphatic rings. The fraction of sp³-hybridized carbons (Fsp3) is 0.357. The molecule has 1 N–H and O–H groups in total. The summed E-state index contributed by atoms with van der Waals surface area (Å²) in [6, 6.07) is 3.78. The Morgan fingerprint density at radius 3 is 2.76 bits per heavy atom. The maximum Gasteiger partial charge on any atom is 0.350 e. The Morgan fingerprint density at radius 2 is 2.19 bits per heavy atom. The summed E-state index contributed by atoms with van der Waals surface area (Å²) < 4.78 is 5.03. The number of carbonyl (C=O) groups is 2. The van der Waals surface area contributed by atoms with Crippen LogP contribution in [0.25, 0.3) is 0 Å². The highest BCUT2D eigenvalue weighted by atomic mass is 32.1. The predicted octanol–water partition coefficient (Wildman–Crippen LogP) is 2.86. The van der Waals surface area contributed by atoms with Crippen LogP contribution in [0.2, 0.25) is 0 Å². The third-order valence-electron chi connectivity index (χ3n) is 2.77. The van der Waals surface area contributed by atoms with Crippen molar-refractivity contribution in [3.8, 4) is 0 Å². The summed E-state index contributed by atoms with van der Waals surface area (Å²) in [5.41, 5.74) is 0.634. The van der Waals surface area contributed by atoms with Crippen LogP contribution < -0.4 is 5.32 Å². The Morgan fingerprint density at radius 1 is 1.43 bits per heavy atom. The second-order valence-corrected chi connectivity index (χ2v) is 6.71. The highest BCUT2D eigenvalue weighted by Crippen LogP contribution is 2.19. The van der Waals surface area contributed by atoms with Crippen molar-refractivity contribution in [1.29, 1.82) is 0 Å². The molecule has 0 radical (unpaired) electrons. The largest absolute Gasteiger partial charge is 0.451 e. The van der Waals surface area contributed by atoms with E-state index >= 15 is 0 Å². The van der Waals surface area contributed by atoms with Crippen molar-refractivity contribution in [1.82, 2.24) is 10.3 Å². The van der Waals surface area contributed by atoms with Crippen LogP contribution in [0.1, 0.15) is 38.2 Å². The molecule has 0 saturated carbocycles. The lowest BCUT2D eigenvalue weighted by Crippen LogP contribution is -2.30. The summed E-state index contributed by atoms with van der Waals surface area (Å²) in [7, 11) is 0. The first-order valence-corrected chi connectivity index (χ1v) is 8.11. The van der Waals surface area contributed by atoms with Gasteiger partial charge in [-0.3, -0.25) is 4.79 Å². The zero-order valence-electron chi connectivity index (χ0n) is 12.0. The van der Waals surface area contributed by atoms with Gasteiger partial charge in [0.05, 0.1) is 16.7 Å². The molecule has 2 heterocycles. The maximum absolute atomic E-state index is 11.9. The Balaban J connectivity index is 1.84. The first-order chi connectivity index (χ1) is 9.97. The minimum atomic E-state index is -0.503. The second kappa shape index (κ2) is 6.82. The number of ether oxygens (including phenoxy) is 1. The van der Waals surface area contributed by atoms with Crippen LogP contribution in [-0.2, 0) is 9.53 Å². The molecule has 0 bridgehead atoms. The predicted molar refractivity (Wildman–Crippen MR) is 82.7 cm³/mol. The average molecular weight is 324 g/mol. The van der Waals surface area contributed by atoms with Crippen LogP contribution in [0.5, 0.6) is 0 Å². The van der Waals surface area contributed by atoms with Gasteiger partial charge < -0.3 is 10.1 Å². The molecule has 5 nitrogen and oxygen atoms in total. The SMILES string of the molecule is Cc1nc(C)c(C(=O)OCC(=O)N[C@@H](C)c2cccs2)s1. The van der Waals surface area contributed by atoms with Gasteiger partial charge in [0, 0.05) is 4.88 Å². The van der Waals surface area contributed by atoms with E-state index < -0.39 is 5.97 Å². The molecule has 0 fully saturated rings. The topological polar surface area (TPSA) is 68.3 Å². The molecule has 0 saturated heterocycles. The maximum atomic E-state index is 11.9. The van der Waals surface area contributed by atoms with Crippen LogP contribution >= 0.6 is 22.7 Å². The summed E-state index contributed by atoms with van der Waals surface area (Å²) in [5.74, 6) is -0.819. The number of hydrogen-bond donors (Lipinski definition) is 1. The fourth-order valence-electron chi connectivity index (χ4n) is 1.81. The number of nitrogens with zero attached hydrogens (tertiary/aromatic N) is 1. The van der Waals surface area contributed by atoms with Crippen molar-refractivity contribution in [2.45, 2.75) is 26.8 Å². The zero-order valence-corrected chi connectivity index (χ0v) is 13.6. The van der Waals surface area contributed by atoms with Crippen LogP contribution in [0.15, 0.2) is 17.5 Å². The second-order valence-electron chi connectivity index (χ2n) is 4.53. The van der Waals surface area contributed by atoms with Crippen molar-refractivity contribution in [2.24, 2.45) is 0 Å². The number of nitrogens with one attached hydrogen (secondary N) is 1. The fourth-order valence-corrected chi connectivity index (χ4v) is 3.36. The molecule has 1 atom stereocenters. The number of aromatic nitrogens is 1. The Labute approximate surface area is 131 Å². The number of aryl methyl sites for hydroxylation is 2. The average Bonchev–Trinajstić information content (AvgIpc) is 3.05. The first-order valence-electron chi connectivity index (χ1n) is 6.41. The minimum Gasteiger partial charge on any atom is -0.451 e. The van der Waals surface area contributed by atoms with Gasteiger partial charge in [-0.15, -0.1) is 22.7 Å². The van der Waals surface area contributed by atoms with Crippen LogP contribution in [0.4, 0.5) is 0 Å². The lowest BCUT2D eigenvalue weighted by Gasteiger charge is -2.12. The van der Waals surface area contributed by atoms with Crippen molar-refractivity contribution in [2.75, 3.05) is 6.61 Å². The van der Waals surface area contributed by atoms with Crippen LogP contribution in [0.3, 0.4) is 0 Å². The lowest BCUT2D eigenvalue weighted by molar-refractivity contribution is -0.124. The van der Waals surface area contributed by atoms with E-state index in [0.29, 0.717) is 10.6 Å². The molecule has 0 unspecified atom stereocenters. The van der Waals surface area contributed by atoms with Crippen LogP contribution in [0, 0.1) is 13.8 Å². The molecule has 0 spiro atoms. The quantitative estimate of drug-likeness (QED) is 0.859. The molecule has 2 aromatic heterocycles. The molecule has 112 valence electrons. The van der Waals surface area contributed by atoms with E-state index in [1.54, 1.807) is 18.3 Å². The standard InChI is InChI=1S/C14H16N2O3S2/c1-8(11-5-4-6-20-11)16-12(17)7-19-14(18)13-9(2)15-10(3)21-13/h4-6,8H,7H2,1-3H3,(H,16,17)/t8-/m0/s1. The van der Waals surface area contributed by atoms with Crippen LogP contribution in [-0.4, -0.2) is 23.5 Å². The summed E-state index contributed by atoms with van der Waals surface area (Å²) in [6.07, 6.45) is 0. The molecule has 0 aliphatic heterocycles. The number of esters is 1. The molecule has 0 aliphatic carbocycles. The molecule has 2 aromatic rings. The molecule has 7 heteroatoms. The zero-order chi connectivity index (χ0) is 15.4. The smallest absolute Gasteiger partial charge is 0.350 e. The Hall–Kier alpha value is -1.73. The van der Waals surface area contributed by atoms with Gasteiger partial charge in [0.1, 0.15) is 4.88 Å². The highest BCUT2D eigenvalue weighted by Gasteiger charge is 2.17. The van der Waals surface area contributed by atoms with E-state index in [1.165, 1.54) is 11.3 Å². The number of thiophene rings is 1. The summed E-state index contributed by atoms with van der Waals surface area (Å²) in [4.78, 5) is 29.3. The highest BCUT2D eigenvalue weighted by molar-refractivity contribution is 7.13. The van der Waals surface area contributed by atoms with Gasteiger partial charge >= 0.3 is 5.97 Å². The van der Waals surface area contributed by atoms with E-state index in [4.69, 9.17) is 4.74 Å². The number of amides is 1. The number of hydrogen-bond acceptors (Lipinski definition) is 6. The molecule has 1 amide bonds. The van der Waals surface area contributed by atoms with Gasteiger partial charge in [0.25, 0.3) is 5.91 Å². The summed E-state index contributed by atoms with van der Waals surface area (Å²) in [6.45, 7) is 5.18.